The van der Waals surface area contributed by atoms with Gasteiger partial charge in [0.1, 0.15) is 11.6 Å². The van der Waals surface area contributed by atoms with Gasteiger partial charge in [-0.2, -0.15) is 9.97 Å². The van der Waals surface area contributed by atoms with Crippen molar-refractivity contribution in [3.05, 3.63) is 52.5 Å². The van der Waals surface area contributed by atoms with E-state index in [-0.39, 0.29) is 17.7 Å². The average molecular weight is 438 g/mol. The van der Waals surface area contributed by atoms with Crippen molar-refractivity contribution in [3.63, 3.8) is 0 Å². The molecule has 5 rings (SSSR count). The van der Waals surface area contributed by atoms with Crippen LogP contribution in [0.3, 0.4) is 0 Å². The molecule has 0 bridgehead atoms. The van der Waals surface area contributed by atoms with E-state index in [0.29, 0.717) is 55.4 Å². The van der Waals surface area contributed by atoms with Crippen molar-refractivity contribution >= 4 is 40.2 Å². The third kappa shape index (κ3) is 3.93. The molecular formula is C21H20FN7OS. The first-order chi connectivity index (χ1) is 15.1. The average Bonchev–Trinajstić information content (AvgIpc) is 3.43. The number of piperazine rings is 1. The van der Waals surface area contributed by atoms with E-state index < -0.39 is 0 Å². The number of imidazole rings is 1. The summed E-state index contributed by atoms with van der Waals surface area (Å²) in [5.41, 5.74) is 7.81. The molecule has 0 spiro atoms. The van der Waals surface area contributed by atoms with E-state index in [2.05, 4.69) is 24.8 Å². The lowest BCUT2D eigenvalue weighted by atomic mass is 10.2. The molecule has 0 saturated carbocycles. The van der Waals surface area contributed by atoms with Crippen molar-refractivity contribution in [3.8, 4) is 11.4 Å². The van der Waals surface area contributed by atoms with Crippen LogP contribution >= 0.6 is 11.3 Å². The second-order valence-corrected chi connectivity index (χ2v) is 8.35. The summed E-state index contributed by atoms with van der Waals surface area (Å²) in [5, 5.41) is 1.98. The lowest BCUT2D eigenvalue weighted by Crippen LogP contribution is -2.49. The van der Waals surface area contributed by atoms with Crippen LogP contribution in [0.15, 0.2) is 41.8 Å². The minimum absolute atomic E-state index is 0.132. The van der Waals surface area contributed by atoms with Crippen LogP contribution in [0.5, 0.6) is 0 Å². The van der Waals surface area contributed by atoms with Gasteiger partial charge in [0.2, 0.25) is 11.9 Å². The number of amides is 1. The fourth-order valence-corrected chi connectivity index (χ4v) is 4.40. The number of hydrogen-bond acceptors (Lipinski definition) is 7. The van der Waals surface area contributed by atoms with Crippen LogP contribution in [-0.4, -0.2) is 56.9 Å². The number of benzene rings is 1. The van der Waals surface area contributed by atoms with Gasteiger partial charge in [-0.3, -0.25) is 4.79 Å². The molecule has 3 N–H and O–H groups in total. The molecule has 1 aliphatic heterocycles. The second-order valence-electron chi connectivity index (χ2n) is 7.32. The third-order valence-corrected chi connectivity index (χ3v) is 6.17. The number of nitrogen functional groups attached to an aromatic ring is 1. The summed E-state index contributed by atoms with van der Waals surface area (Å²) in [6.45, 7) is 2.46. The van der Waals surface area contributed by atoms with Gasteiger partial charge in [-0.25, -0.2) is 9.37 Å². The Kier molecular flexibility index (Phi) is 4.99. The van der Waals surface area contributed by atoms with Gasteiger partial charge in [-0.15, -0.1) is 11.3 Å². The number of nitrogens with two attached hydrogens (primary N) is 1. The van der Waals surface area contributed by atoms with Gasteiger partial charge in [-0.1, -0.05) is 6.07 Å². The summed E-state index contributed by atoms with van der Waals surface area (Å²) in [6, 6.07) is 10.0. The maximum absolute atomic E-state index is 13.3. The minimum Gasteiger partial charge on any atom is -0.368 e. The molecule has 4 aromatic rings. The molecule has 158 valence electrons. The Morgan fingerprint density at radius 1 is 1.10 bits per heavy atom. The molecule has 8 nitrogen and oxygen atoms in total. The van der Waals surface area contributed by atoms with Crippen molar-refractivity contribution in [2.75, 3.05) is 36.8 Å². The molecule has 0 unspecified atom stereocenters. The van der Waals surface area contributed by atoms with Crippen LogP contribution in [0.25, 0.3) is 22.6 Å². The zero-order valence-electron chi connectivity index (χ0n) is 16.6. The first-order valence-electron chi connectivity index (χ1n) is 9.91. The number of carbonyl (C=O) groups excluding carboxylic acids is 1. The lowest BCUT2D eigenvalue weighted by Gasteiger charge is -2.35. The van der Waals surface area contributed by atoms with Gasteiger partial charge < -0.3 is 20.5 Å². The fraction of sp³-hybridized carbons (Fsp3) is 0.238. The number of H-pyrrole nitrogens is 1. The molecular weight excluding hydrogens is 417 g/mol. The van der Waals surface area contributed by atoms with Crippen LogP contribution in [0, 0.1) is 5.82 Å². The standard InChI is InChI=1S/C21H20FN7OS/c22-14-5-3-13(4-6-14)18-24-17-19(25-18)26-21(23)27-20(17)29-9-7-28(8-10-29)16(30)12-15-2-1-11-31-15/h1-6,11H,7-10,12H2,(H3,23,24,25,26,27). The van der Waals surface area contributed by atoms with Crippen LogP contribution < -0.4 is 10.6 Å². The summed E-state index contributed by atoms with van der Waals surface area (Å²) in [6.07, 6.45) is 0.433. The van der Waals surface area contributed by atoms with Gasteiger partial charge >= 0.3 is 0 Å². The molecule has 1 saturated heterocycles. The van der Waals surface area contributed by atoms with E-state index in [1.54, 1.807) is 23.5 Å². The zero-order valence-corrected chi connectivity index (χ0v) is 17.4. The lowest BCUT2D eigenvalue weighted by molar-refractivity contribution is -0.130. The first-order valence-corrected chi connectivity index (χ1v) is 10.8. The highest BCUT2D eigenvalue weighted by molar-refractivity contribution is 7.10. The molecule has 31 heavy (non-hydrogen) atoms. The topological polar surface area (TPSA) is 104 Å². The minimum atomic E-state index is -0.309. The van der Waals surface area contributed by atoms with Crippen molar-refractivity contribution in [2.24, 2.45) is 0 Å². The maximum atomic E-state index is 13.3. The van der Waals surface area contributed by atoms with Crippen molar-refractivity contribution < 1.29 is 9.18 Å². The van der Waals surface area contributed by atoms with Crippen molar-refractivity contribution in [1.29, 1.82) is 0 Å². The van der Waals surface area contributed by atoms with E-state index in [0.717, 1.165) is 10.4 Å². The SMILES string of the molecule is Nc1nc(N2CCN(C(=O)Cc3cccs3)CC2)c2nc(-c3ccc(F)cc3)[nH]c2n1. The van der Waals surface area contributed by atoms with Crippen LogP contribution in [0.1, 0.15) is 4.88 Å². The Bertz CT molecular complexity index is 1210. The predicted molar refractivity (Wildman–Crippen MR) is 118 cm³/mol. The maximum Gasteiger partial charge on any atom is 0.227 e. The molecule has 1 amide bonds. The molecule has 0 atom stereocenters. The number of hydrogen-bond donors (Lipinski definition) is 2. The summed E-state index contributed by atoms with van der Waals surface area (Å²) in [5.74, 6) is 1.18. The predicted octanol–water partition coefficient (Wildman–Crippen LogP) is 2.69. The van der Waals surface area contributed by atoms with Gasteiger partial charge in [0, 0.05) is 36.6 Å². The van der Waals surface area contributed by atoms with Crippen LogP contribution in [-0.2, 0) is 11.2 Å². The molecule has 1 aliphatic rings. The second kappa shape index (κ2) is 7.95. The number of aromatic amines is 1. The van der Waals surface area contributed by atoms with E-state index in [9.17, 15) is 9.18 Å². The fourth-order valence-electron chi connectivity index (χ4n) is 3.71. The number of rotatable bonds is 4. The van der Waals surface area contributed by atoms with Gasteiger partial charge in [-0.05, 0) is 35.7 Å². The molecule has 3 aromatic heterocycles. The Balaban J connectivity index is 1.36. The molecule has 4 heterocycles. The summed E-state index contributed by atoms with van der Waals surface area (Å²) >= 11 is 1.60. The Morgan fingerprint density at radius 3 is 2.58 bits per heavy atom. The Morgan fingerprint density at radius 2 is 1.87 bits per heavy atom. The van der Waals surface area contributed by atoms with Crippen LogP contribution in [0.2, 0.25) is 0 Å². The molecule has 0 aliphatic carbocycles. The van der Waals surface area contributed by atoms with Gasteiger partial charge in [0.25, 0.3) is 0 Å². The first kappa shape index (κ1) is 19.4. The van der Waals surface area contributed by atoms with E-state index >= 15 is 0 Å². The normalized spacial score (nSPS) is 14.4. The number of anilines is 2. The van der Waals surface area contributed by atoms with Gasteiger partial charge in [0.05, 0.1) is 6.42 Å². The highest BCUT2D eigenvalue weighted by atomic mass is 32.1. The number of carbonyl (C=O) groups is 1. The Hall–Kier alpha value is -3.53. The summed E-state index contributed by atoms with van der Waals surface area (Å²) in [4.78, 5) is 34.1. The van der Waals surface area contributed by atoms with E-state index in [1.165, 1.54) is 12.1 Å². The van der Waals surface area contributed by atoms with Gasteiger partial charge in [0.15, 0.2) is 17.0 Å². The number of halogens is 1. The van der Waals surface area contributed by atoms with E-state index in [1.807, 2.05) is 22.4 Å². The third-order valence-electron chi connectivity index (χ3n) is 5.30. The largest absolute Gasteiger partial charge is 0.368 e. The molecule has 1 aromatic carbocycles. The number of aromatic nitrogens is 4. The van der Waals surface area contributed by atoms with Crippen molar-refractivity contribution in [2.45, 2.75) is 6.42 Å². The highest BCUT2D eigenvalue weighted by Crippen LogP contribution is 2.27. The van der Waals surface area contributed by atoms with Crippen molar-refractivity contribution in [1.82, 2.24) is 24.8 Å². The monoisotopic (exact) mass is 437 g/mol. The number of fused-ring (bicyclic) bond motifs is 1. The zero-order chi connectivity index (χ0) is 21.4. The van der Waals surface area contributed by atoms with E-state index in [4.69, 9.17) is 5.73 Å². The summed E-state index contributed by atoms with van der Waals surface area (Å²) < 4.78 is 13.3. The summed E-state index contributed by atoms with van der Waals surface area (Å²) in [7, 11) is 0. The molecule has 10 heteroatoms. The highest BCUT2D eigenvalue weighted by Gasteiger charge is 2.25. The molecule has 1 fully saturated rings. The smallest absolute Gasteiger partial charge is 0.227 e. The quantitative estimate of drug-likeness (QED) is 0.509. The number of nitrogens with one attached hydrogen (secondary N) is 1. The number of nitrogens with zero attached hydrogens (tertiary/aromatic N) is 5. The number of thiophene rings is 1. The van der Waals surface area contributed by atoms with Crippen LogP contribution in [0.4, 0.5) is 16.2 Å². The Labute approximate surface area is 181 Å². The molecule has 0 radical (unpaired) electrons.